The number of rotatable bonds is 11. The van der Waals surface area contributed by atoms with E-state index >= 15 is 0 Å². The van der Waals surface area contributed by atoms with Gasteiger partial charge < -0.3 is 10.4 Å². The summed E-state index contributed by atoms with van der Waals surface area (Å²) >= 11 is 0. The van der Waals surface area contributed by atoms with E-state index in [2.05, 4.69) is 23.9 Å². The first-order valence-corrected chi connectivity index (χ1v) is 16.0. The SMILES string of the molecule is CCC(NC(=O)C(CS(=O)c1ccc2ccccc2c1)NS(C)(=O)=O)C(O)CC1CCC(C)CC1C. The molecule has 9 heteroatoms. The summed E-state index contributed by atoms with van der Waals surface area (Å²) in [6.45, 7) is 6.36. The number of aliphatic hydroxyl groups is 1. The van der Waals surface area contributed by atoms with Crippen molar-refractivity contribution < 1.29 is 22.5 Å². The summed E-state index contributed by atoms with van der Waals surface area (Å²) in [5, 5.41) is 15.7. The molecular weight excluding hydrogens is 496 g/mol. The molecule has 1 saturated carbocycles. The van der Waals surface area contributed by atoms with Gasteiger partial charge in [-0.15, -0.1) is 0 Å². The van der Waals surface area contributed by atoms with Crippen LogP contribution in [0.15, 0.2) is 47.4 Å². The molecule has 0 heterocycles. The molecule has 3 rings (SSSR count). The quantitative estimate of drug-likeness (QED) is 0.406. The first-order valence-electron chi connectivity index (χ1n) is 12.8. The smallest absolute Gasteiger partial charge is 0.239 e. The van der Waals surface area contributed by atoms with Crippen molar-refractivity contribution >= 4 is 37.5 Å². The highest BCUT2D eigenvalue weighted by Gasteiger charge is 2.32. The highest BCUT2D eigenvalue weighted by Crippen LogP contribution is 2.36. The number of amides is 1. The molecule has 1 fully saturated rings. The number of hydrogen-bond donors (Lipinski definition) is 3. The van der Waals surface area contributed by atoms with Crippen molar-refractivity contribution in [3.8, 4) is 0 Å². The Morgan fingerprint density at radius 1 is 1.14 bits per heavy atom. The van der Waals surface area contributed by atoms with Crippen LogP contribution in [0, 0.1) is 17.8 Å². The number of benzene rings is 2. The summed E-state index contributed by atoms with van der Waals surface area (Å²) in [5.74, 6) is 0.821. The molecule has 0 saturated heterocycles. The molecule has 1 aliphatic rings. The van der Waals surface area contributed by atoms with Crippen LogP contribution in [0.25, 0.3) is 10.8 Å². The Morgan fingerprint density at radius 2 is 1.83 bits per heavy atom. The van der Waals surface area contributed by atoms with Crippen LogP contribution >= 0.6 is 0 Å². The van der Waals surface area contributed by atoms with Crippen molar-refractivity contribution in [3.05, 3.63) is 42.5 Å². The van der Waals surface area contributed by atoms with Crippen molar-refractivity contribution in [2.75, 3.05) is 12.0 Å². The predicted octanol–water partition coefficient (Wildman–Crippen LogP) is 3.58. The lowest BCUT2D eigenvalue weighted by atomic mass is 9.73. The minimum atomic E-state index is -3.74. The molecule has 3 N–H and O–H groups in total. The van der Waals surface area contributed by atoms with Crippen molar-refractivity contribution in [2.45, 2.75) is 76.0 Å². The molecule has 1 amide bonds. The fraction of sp³-hybridized carbons (Fsp3) is 0.593. The van der Waals surface area contributed by atoms with Crippen molar-refractivity contribution in [2.24, 2.45) is 17.8 Å². The van der Waals surface area contributed by atoms with E-state index < -0.39 is 44.9 Å². The normalized spacial score (nSPS) is 24.1. The summed E-state index contributed by atoms with van der Waals surface area (Å²) < 4.78 is 39.5. The van der Waals surface area contributed by atoms with Gasteiger partial charge in [0.1, 0.15) is 6.04 Å². The van der Waals surface area contributed by atoms with Crippen LogP contribution in [-0.2, 0) is 25.6 Å². The molecule has 0 radical (unpaired) electrons. The van der Waals surface area contributed by atoms with Gasteiger partial charge in [0.2, 0.25) is 15.9 Å². The summed E-state index contributed by atoms with van der Waals surface area (Å²) in [6, 6.07) is 11.3. The van der Waals surface area contributed by atoms with Crippen LogP contribution in [0.3, 0.4) is 0 Å². The number of sulfonamides is 1. The van der Waals surface area contributed by atoms with Gasteiger partial charge in [-0.3, -0.25) is 9.00 Å². The van der Waals surface area contributed by atoms with Gasteiger partial charge in [0.25, 0.3) is 0 Å². The third-order valence-corrected chi connectivity index (χ3v) is 9.49. The third kappa shape index (κ3) is 8.10. The second kappa shape index (κ2) is 12.6. The Kier molecular flexibility index (Phi) is 10.1. The number of carbonyl (C=O) groups excluding carboxylic acids is 1. The van der Waals surface area contributed by atoms with Gasteiger partial charge in [0.05, 0.1) is 35.0 Å². The van der Waals surface area contributed by atoms with Crippen LogP contribution < -0.4 is 10.0 Å². The molecule has 1 aliphatic carbocycles. The first kappa shape index (κ1) is 28.8. The van der Waals surface area contributed by atoms with E-state index in [0.29, 0.717) is 35.5 Å². The van der Waals surface area contributed by atoms with Crippen molar-refractivity contribution in [1.82, 2.24) is 10.0 Å². The monoisotopic (exact) mass is 536 g/mol. The summed E-state index contributed by atoms with van der Waals surface area (Å²) in [4.78, 5) is 13.7. The van der Waals surface area contributed by atoms with E-state index in [0.717, 1.165) is 36.3 Å². The molecule has 200 valence electrons. The van der Waals surface area contributed by atoms with Crippen LogP contribution in [0.5, 0.6) is 0 Å². The average molecular weight is 537 g/mol. The molecule has 7 nitrogen and oxygen atoms in total. The van der Waals surface area contributed by atoms with E-state index in [1.807, 2.05) is 37.3 Å². The maximum Gasteiger partial charge on any atom is 0.239 e. The molecule has 0 aliphatic heterocycles. The Balaban J connectivity index is 1.70. The van der Waals surface area contributed by atoms with Crippen LogP contribution in [0.1, 0.15) is 52.9 Å². The second-order valence-corrected chi connectivity index (χ2v) is 13.7. The van der Waals surface area contributed by atoms with E-state index in [1.165, 1.54) is 0 Å². The van der Waals surface area contributed by atoms with E-state index in [1.54, 1.807) is 12.1 Å². The first-order chi connectivity index (χ1) is 17.0. The zero-order chi connectivity index (χ0) is 26.5. The lowest BCUT2D eigenvalue weighted by Gasteiger charge is -2.35. The summed E-state index contributed by atoms with van der Waals surface area (Å²) in [5.41, 5.74) is 0. The lowest BCUT2D eigenvalue weighted by Crippen LogP contribution is -2.54. The number of nitrogens with one attached hydrogen (secondary N) is 2. The van der Waals surface area contributed by atoms with E-state index in [4.69, 9.17) is 0 Å². The maximum absolute atomic E-state index is 13.2. The highest BCUT2D eigenvalue weighted by atomic mass is 32.2. The van der Waals surface area contributed by atoms with Gasteiger partial charge in [-0.05, 0) is 66.3 Å². The molecule has 7 unspecified atom stereocenters. The van der Waals surface area contributed by atoms with Crippen LogP contribution in [-0.4, -0.2) is 53.8 Å². The Hall–Kier alpha value is -1.81. The van der Waals surface area contributed by atoms with Crippen molar-refractivity contribution in [3.63, 3.8) is 0 Å². The number of aliphatic hydroxyl groups excluding tert-OH is 1. The minimum absolute atomic E-state index is 0.207. The average Bonchev–Trinajstić information content (AvgIpc) is 2.82. The molecule has 0 bridgehead atoms. The molecule has 2 aromatic carbocycles. The molecular formula is C27H40N2O5S2. The van der Waals surface area contributed by atoms with Gasteiger partial charge in [-0.25, -0.2) is 13.1 Å². The van der Waals surface area contributed by atoms with Crippen molar-refractivity contribution in [1.29, 1.82) is 0 Å². The fourth-order valence-corrected chi connectivity index (χ4v) is 7.31. The zero-order valence-electron chi connectivity index (χ0n) is 21.6. The summed E-state index contributed by atoms with van der Waals surface area (Å²) in [7, 11) is -5.35. The van der Waals surface area contributed by atoms with Gasteiger partial charge >= 0.3 is 0 Å². The van der Waals surface area contributed by atoms with Gasteiger partial charge in [-0.1, -0.05) is 57.5 Å². The number of hydrogen-bond acceptors (Lipinski definition) is 5. The Bertz CT molecular complexity index is 1170. The minimum Gasteiger partial charge on any atom is -0.391 e. The Morgan fingerprint density at radius 3 is 2.47 bits per heavy atom. The van der Waals surface area contributed by atoms with Gasteiger partial charge in [0, 0.05) is 4.90 Å². The Labute approximate surface area is 218 Å². The lowest BCUT2D eigenvalue weighted by molar-refractivity contribution is -0.124. The second-order valence-electron chi connectivity index (χ2n) is 10.4. The highest BCUT2D eigenvalue weighted by molar-refractivity contribution is 7.89. The number of carbonyl (C=O) groups is 1. The molecule has 0 aromatic heterocycles. The van der Waals surface area contributed by atoms with Crippen LogP contribution in [0.4, 0.5) is 0 Å². The third-order valence-electron chi connectivity index (χ3n) is 7.36. The maximum atomic E-state index is 13.2. The predicted molar refractivity (Wildman–Crippen MR) is 146 cm³/mol. The van der Waals surface area contributed by atoms with E-state index in [9.17, 15) is 22.5 Å². The van der Waals surface area contributed by atoms with Crippen LogP contribution in [0.2, 0.25) is 0 Å². The van der Waals surface area contributed by atoms with E-state index in [-0.39, 0.29) is 5.75 Å². The molecule has 2 aromatic rings. The topological polar surface area (TPSA) is 113 Å². The van der Waals surface area contributed by atoms with Gasteiger partial charge in [-0.2, -0.15) is 0 Å². The van der Waals surface area contributed by atoms with Gasteiger partial charge in [0.15, 0.2) is 0 Å². The number of fused-ring (bicyclic) bond motifs is 1. The molecule has 36 heavy (non-hydrogen) atoms. The molecule has 0 spiro atoms. The fourth-order valence-electron chi connectivity index (χ4n) is 5.28. The standard InChI is InChI=1S/C27H40N2O5S2/c1-5-24(26(30)16-21-11-10-18(2)14-19(21)3)28-27(31)25(29-36(4,33)34)17-35(32)23-13-12-20-8-6-7-9-22(20)15-23/h6-9,12-13,15,18-19,21,24-26,29-30H,5,10-11,14,16-17H2,1-4H3,(H,28,31). The molecule has 7 atom stereocenters. The largest absolute Gasteiger partial charge is 0.391 e. The summed E-state index contributed by atoms with van der Waals surface area (Å²) in [6.07, 6.45) is 4.69. The zero-order valence-corrected chi connectivity index (χ0v) is 23.3.